The summed E-state index contributed by atoms with van der Waals surface area (Å²) in [6, 6.07) is 10.7. The van der Waals surface area contributed by atoms with Crippen LogP contribution in [-0.4, -0.2) is 42.6 Å². The molecule has 1 unspecified atom stereocenters. The highest BCUT2D eigenvalue weighted by Gasteiger charge is 2.19. The zero-order valence-corrected chi connectivity index (χ0v) is 14.8. The Morgan fingerprint density at radius 3 is 2.88 bits per heavy atom. The van der Waals surface area contributed by atoms with E-state index in [4.69, 9.17) is 4.74 Å². The van der Waals surface area contributed by atoms with Crippen molar-refractivity contribution in [2.24, 2.45) is 0 Å². The number of amides is 2. The number of carbonyl (C=O) groups is 2. The number of carbonyl (C=O) groups excluding carboxylic acids is 2. The van der Waals surface area contributed by atoms with Crippen molar-refractivity contribution in [2.75, 3.05) is 19.8 Å². The second kappa shape index (κ2) is 8.58. The summed E-state index contributed by atoms with van der Waals surface area (Å²) in [5.41, 5.74) is 2.35. The number of hydrogen-bond donors (Lipinski definition) is 2. The van der Waals surface area contributed by atoms with Crippen LogP contribution in [0.2, 0.25) is 0 Å². The minimum absolute atomic E-state index is 0.0522. The smallest absolute Gasteiger partial charge is 0.253 e. The predicted molar refractivity (Wildman–Crippen MR) is 99.0 cm³/mol. The fraction of sp³-hybridized carbons (Fsp3) is 0.350. The molecule has 1 aliphatic heterocycles. The van der Waals surface area contributed by atoms with Crippen molar-refractivity contribution in [3.05, 3.63) is 53.7 Å². The van der Waals surface area contributed by atoms with Crippen LogP contribution >= 0.6 is 0 Å². The molecule has 6 heteroatoms. The monoisotopic (exact) mass is 353 g/mol. The summed E-state index contributed by atoms with van der Waals surface area (Å²) < 4.78 is 5.29. The summed E-state index contributed by atoms with van der Waals surface area (Å²) in [5.74, 6) is -0.303. The summed E-state index contributed by atoms with van der Waals surface area (Å²) >= 11 is 0. The first-order valence-corrected chi connectivity index (χ1v) is 8.91. The van der Waals surface area contributed by atoms with E-state index in [1.54, 1.807) is 36.5 Å². The van der Waals surface area contributed by atoms with Gasteiger partial charge in [0.25, 0.3) is 11.8 Å². The fourth-order valence-electron chi connectivity index (χ4n) is 2.88. The molecular weight excluding hydrogens is 330 g/mol. The molecule has 1 aromatic carbocycles. The number of pyridine rings is 1. The molecule has 2 N–H and O–H groups in total. The first-order chi connectivity index (χ1) is 12.7. The van der Waals surface area contributed by atoms with Gasteiger partial charge in [0, 0.05) is 30.5 Å². The normalized spacial score (nSPS) is 16.3. The molecule has 2 aromatic rings. The molecule has 0 aliphatic carbocycles. The Morgan fingerprint density at radius 1 is 1.23 bits per heavy atom. The third-order valence-corrected chi connectivity index (χ3v) is 4.25. The van der Waals surface area contributed by atoms with Gasteiger partial charge in [-0.25, -0.2) is 0 Å². The number of aromatic nitrogens is 1. The first kappa shape index (κ1) is 18.1. The standard InChI is InChI=1S/C20H23N3O3/c1-2-9-22-20(25)17-7-4-10-21-18(17)14-5-3-6-15(12-14)19(24)23-16-8-11-26-13-16/h3-7,10,12,16H,2,8-9,11,13H2,1H3,(H,22,25)(H,23,24). The molecule has 2 amide bonds. The van der Waals surface area contributed by atoms with E-state index in [0.717, 1.165) is 18.4 Å². The Balaban J connectivity index is 1.84. The highest BCUT2D eigenvalue weighted by molar-refractivity contribution is 6.01. The Bertz CT molecular complexity index is 785. The van der Waals surface area contributed by atoms with Gasteiger partial charge in [0.2, 0.25) is 0 Å². The van der Waals surface area contributed by atoms with Crippen LogP contribution in [0.1, 0.15) is 40.5 Å². The van der Waals surface area contributed by atoms with Crippen molar-refractivity contribution in [1.82, 2.24) is 15.6 Å². The quantitative estimate of drug-likeness (QED) is 0.836. The fourth-order valence-corrected chi connectivity index (χ4v) is 2.88. The number of rotatable bonds is 6. The van der Waals surface area contributed by atoms with E-state index in [0.29, 0.717) is 36.6 Å². The lowest BCUT2D eigenvalue weighted by atomic mass is 10.0. The second-order valence-electron chi connectivity index (χ2n) is 6.27. The van der Waals surface area contributed by atoms with Crippen molar-refractivity contribution in [1.29, 1.82) is 0 Å². The van der Waals surface area contributed by atoms with E-state index in [1.165, 1.54) is 0 Å². The maximum Gasteiger partial charge on any atom is 0.253 e. The van der Waals surface area contributed by atoms with E-state index in [9.17, 15) is 9.59 Å². The highest BCUT2D eigenvalue weighted by Crippen LogP contribution is 2.22. The summed E-state index contributed by atoms with van der Waals surface area (Å²) in [6.07, 6.45) is 3.34. The van der Waals surface area contributed by atoms with Crippen LogP contribution in [-0.2, 0) is 4.74 Å². The van der Waals surface area contributed by atoms with Crippen molar-refractivity contribution in [3.8, 4) is 11.3 Å². The SMILES string of the molecule is CCCNC(=O)c1cccnc1-c1cccc(C(=O)NC2CCOC2)c1. The number of benzene rings is 1. The molecular formula is C20H23N3O3. The zero-order chi connectivity index (χ0) is 18.4. The molecule has 136 valence electrons. The van der Waals surface area contributed by atoms with Gasteiger partial charge in [-0.3, -0.25) is 14.6 Å². The topological polar surface area (TPSA) is 80.3 Å². The van der Waals surface area contributed by atoms with E-state index in [-0.39, 0.29) is 17.9 Å². The van der Waals surface area contributed by atoms with Crippen molar-refractivity contribution in [3.63, 3.8) is 0 Å². The second-order valence-corrected chi connectivity index (χ2v) is 6.27. The summed E-state index contributed by atoms with van der Waals surface area (Å²) in [6.45, 7) is 3.84. The van der Waals surface area contributed by atoms with Crippen LogP contribution in [0.15, 0.2) is 42.6 Å². The van der Waals surface area contributed by atoms with Gasteiger partial charge in [-0.15, -0.1) is 0 Å². The van der Waals surface area contributed by atoms with Crippen LogP contribution < -0.4 is 10.6 Å². The number of nitrogens with zero attached hydrogens (tertiary/aromatic N) is 1. The van der Waals surface area contributed by atoms with Crippen LogP contribution in [0.4, 0.5) is 0 Å². The average molecular weight is 353 g/mol. The van der Waals surface area contributed by atoms with Crippen LogP contribution in [0.25, 0.3) is 11.3 Å². The Kier molecular flexibility index (Phi) is 5.96. The zero-order valence-electron chi connectivity index (χ0n) is 14.8. The van der Waals surface area contributed by atoms with E-state index in [2.05, 4.69) is 15.6 Å². The summed E-state index contributed by atoms with van der Waals surface area (Å²) in [5, 5.41) is 5.85. The molecule has 6 nitrogen and oxygen atoms in total. The Hall–Kier alpha value is -2.73. The molecule has 1 aromatic heterocycles. The van der Waals surface area contributed by atoms with E-state index in [1.807, 2.05) is 13.0 Å². The number of hydrogen-bond acceptors (Lipinski definition) is 4. The molecule has 26 heavy (non-hydrogen) atoms. The van der Waals surface area contributed by atoms with Crippen LogP contribution in [0.3, 0.4) is 0 Å². The molecule has 1 fully saturated rings. The maximum absolute atomic E-state index is 12.5. The third-order valence-electron chi connectivity index (χ3n) is 4.25. The number of ether oxygens (including phenoxy) is 1. The highest BCUT2D eigenvalue weighted by atomic mass is 16.5. The van der Waals surface area contributed by atoms with Gasteiger partial charge < -0.3 is 15.4 Å². The van der Waals surface area contributed by atoms with Gasteiger partial charge in [-0.05, 0) is 37.1 Å². The van der Waals surface area contributed by atoms with Gasteiger partial charge in [0.15, 0.2) is 0 Å². The van der Waals surface area contributed by atoms with E-state index < -0.39 is 0 Å². The molecule has 1 atom stereocenters. The maximum atomic E-state index is 12.5. The molecule has 0 spiro atoms. The largest absolute Gasteiger partial charge is 0.379 e. The third kappa shape index (κ3) is 4.26. The minimum Gasteiger partial charge on any atom is -0.379 e. The van der Waals surface area contributed by atoms with Crippen molar-refractivity contribution >= 4 is 11.8 Å². The molecule has 0 bridgehead atoms. The Labute approximate surface area is 153 Å². The lowest BCUT2D eigenvalue weighted by Gasteiger charge is -2.12. The van der Waals surface area contributed by atoms with E-state index >= 15 is 0 Å². The first-order valence-electron chi connectivity index (χ1n) is 8.91. The molecule has 0 saturated carbocycles. The lowest BCUT2D eigenvalue weighted by Crippen LogP contribution is -2.34. The summed E-state index contributed by atoms with van der Waals surface area (Å²) in [4.78, 5) is 29.2. The van der Waals surface area contributed by atoms with Gasteiger partial charge in [0.1, 0.15) is 0 Å². The minimum atomic E-state index is -0.159. The Morgan fingerprint density at radius 2 is 2.12 bits per heavy atom. The molecule has 1 saturated heterocycles. The van der Waals surface area contributed by atoms with Crippen LogP contribution in [0, 0.1) is 0 Å². The van der Waals surface area contributed by atoms with Gasteiger partial charge in [-0.2, -0.15) is 0 Å². The van der Waals surface area contributed by atoms with Gasteiger partial charge >= 0.3 is 0 Å². The van der Waals surface area contributed by atoms with Crippen LogP contribution in [0.5, 0.6) is 0 Å². The lowest BCUT2D eigenvalue weighted by molar-refractivity contribution is 0.0928. The predicted octanol–water partition coefficient (Wildman–Crippen LogP) is 2.41. The van der Waals surface area contributed by atoms with Crippen molar-refractivity contribution < 1.29 is 14.3 Å². The number of nitrogens with one attached hydrogen (secondary N) is 2. The summed E-state index contributed by atoms with van der Waals surface area (Å²) in [7, 11) is 0. The molecule has 3 rings (SSSR count). The van der Waals surface area contributed by atoms with Gasteiger partial charge in [0.05, 0.1) is 23.9 Å². The molecule has 2 heterocycles. The molecule has 1 aliphatic rings. The van der Waals surface area contributed by atoms with Crippen molar-refractivity contribution in [2.45, 2.75) is 25.8 Å². The molecule has 0 radical (unpaired) electrons. The van der Waals surface area contributed by atoms with Gasteiger partial charge in [-0.1, -0.05) is 19.1 Å². The average Bonchev–Trinajstić information content (AvgIpc) is 3.19.